The Balaban J connectivity index is 0.000000956. The van der Waals surface area contributed by atoms with Crippen LogP contribution in [0, 0.1) is 5.82 Å². The topological polar surface area (TPSA) is 101 Å². The number of hydrogen-bond acceptors (Lipinski definition) is 4. The highest BCUT2D eigenvalue weighted by Crippen LogP contribution is 2.09. The third-order valence-corrected chi connectivity index (χ3v) is 2.66. The summed E-state index contributed by atoms with van der Waals surface area (Å²) < 4.78 is 13.3. The molecule has 1 aromatic carbocycles. The quantitative estimate of drug-likeness (QED) is 0.661. The van der Waals surface area contributed by atoms with E-state index in [9.17, 15) is 18.8 Å². The Morgan fingerprint density at radius 2 is 2.00 bits per heavy atom. The van der Waals surface area contributed by atoms with Crippen molar-refractivity contribution in [2.45, 2.75) is 18.9 Å². The van der Waals surface area contributed by atoms with Gasteiger partial charge in [0.15, 0.2) is 0 Å². The average molecular weight is 281 g/mol. The van der Waals surface area contributed by atoms with Gasteiger partial charge in [-0.25, -0.2) is 4.39 Å². The van der Waals surface area contributed by atoms with Crippen molar-refractivity contribution in [2.75, 3.05) is 7.05 Å². The standard InChI is InChI=1S/C12H11FN2O3.CH5N/c13-8-4-2-1-3-7(8)11(17)14-9-5-6-10(16)15-12(9)18;1-2/h1-4,9H,5-6H2,(H,14,17)(H,15,16,18);2H2,1H3. The highest BCUT2D eigenvalue weighted by atomic mass is 19.1. The van der Waals surface area contributed by atoms with Gasteiger partial charge in [-0.15, -0.1) is 0 Å². The van der Waals surface area contributed by atoms with Crippen molar-refractivity contribution in [1.82, 2.24) is 10.6 Å². The fraction of sp³-hybridized carbons (Fsp3) is 0.308. The molecule has 0 saturated carbocycles. The Kier molecular flexibility index (Phi) is 5.79. The minimum absolute atomic E-state index is 0.123. The van der Waals surface area contributed by atoms with Crippen LogP contribution in [0.2, 0.25) is 0 Å². The second-order valence-corrected chi connectivity index (χ2v) is 3.96. The van der Waals surface area contributed by atoms with Crippen LogP contribution in [-0.4, -0.2) is 30.8 Å². The van der Waals surface area contributed by atoms with Gasteiger partial charge in [-0.2, -0.15) is 0 Å². The summed E-state index contributed by atoms with van der Waals surface area (Å²) in [5, 5.41) is 4.52. The van der Waals surface area contributed by atoms with E-state index in [4.69, 9.17) is 0 Å². The number of nitrogens with one attached hydrogen (secondary N) is 2. The van der Waals surface area contributed by atoms with Crippen LogP contribution in [0.3, 0.4) is 0 Å². The smallest absolute Gasteiger partial charge is 0.254 e. The Bertz CT molecular complexity index is 519. The van der Waals surface area contributed by atoms with E-state index in [1.165, 1.54) is 31.3 Å². The Labute approximate surface area is 115 Å². The number of piperidine rings is 1. The van der Waals surface area contributed by atoms with Gasteiger partial charge in [0.25, 0.3) is 5.91 Å². The predicted octanol–water partition coefficient (Wildman–Crippen LogP) is -0.0644. The lowest BCUT2D eigenvalue weighted by Crippen LogP contribution is -2.52. The summed E-state index contributed by atoms with van der Waals surface area (Å²) >= 11 is 0. The summed E-state index contributed by atoms with van der Waals surface area (Å²) in [5.41, 5.74) is 4.38. The number of rotatable bonds is 2. The molecular formula is C13H16FN3O3. The number of benzene rings is 1. The van der Waals surface area contributed by atoms with Crippen LogP contribution in [0.4, 0.5) is 4.39 Å². The molecule has 0 bridgehead atoms. The maximum absolute atomic E-state index is 13.3. The Morgan fingerprint density at radius 1 is 1.35 bits per heavy atom. The normalized spacial score (nSPS) is 17.6. The van der Waals surface area contributed by atoms with E-state index in [2.05, 4.69) is 16.4 Å². The number of amides is 3. The van der Waals surface area contributed by atoms with E-state index in [0.717, 1.165) is 0 Å². The molecule has 2 rings (SSSR count). The van der Waals surface area contributed by atoms with Crippen molar-refractivity contribution < 1.29 is 18.8 Å². The lowest BCUT2D eigenvalue weighted by molar-refractivity contribution is -0.134. The van der Waals surface area contributed by atoms with Crippen LogP contribution < -0.4 is 16.4 Å². The van der Waals surface area contributed by atoms with E-state index in [1.807, 2.05) is 0 Å². The van der Waals surface area contributed by atoms with E-state index < -0.39 is 23.7 Å². The molecule has 7 heteroatoms. The lowest BCUT2D eigenvalue weighted by Gasteiger charge is -2.21. The van der Waals surface area contributed by atoms with Crippen molar-refractivity contribution in [3.63, 3.8) is 0 Å². The average Bonchev–Trinajstić information content (AvgIpc) is 2.44. The molecule has 1 aliphatic rings. The molecule has 0 spiro atoms. The molecule has 1 heterocycles. The van der Waals surface area contributed by atoms with Crippen molar-refractivity contribution in [3.05, 3.63) is 35.6 Å². The molecule has 1 aliphatic heterocycles. The SMILES string of the molecule is CN.O=C1CCC(NC(=O)c2ccccc2F)C(=O)N1. The van der Waals surface area contributed by atoms with Crippen LogP contribution in [0.5, 0.6) is 0 Å². The minimum atomic E-state index is -0.796. The molecule has 1 unspecified atom stereocenters. The molecule has 0 aromatic heterocycles. The van der Waals surface area contributed by atoms with E-state index in [1.54, 1.807) is 0 Å². The van der Waals surface area contributed by atoms with Crippen molar-refractivity contribution >= 4 is 17.7 Å². The summed E-state index contributed by atoms with van der Waals surface area (Å²) in [6.45, 7) is 0. The number of imide groups is 1. The number of nitrogens with two attached hydrogens (primary N) is 1. The number of halogens is 1. The van der Waals surface area contributed by atoms with Crippen LogP contribution in [-0.2, 0) is 9.59 Å². The van der Waals surface area contributed by atoms with E-state index >= 15 is 0 Å². The van der Waals surface area contributed by atoms with Crippen LogP contribution in [0.15, 0.2) is 24.3 Å². The summed E-state index contributed by atoms with van der Waals surface area (Å²) in [5.74, 6) is -2.24. The van der Waals surface area contributed by atoms with Gasteiger partial charge >= 0.3 is 0 Å². The maximum atomic E-state index is 13.3. The second kappa shape index (κ2) is 7.34. The molecule has 20 heavy (non-hydrogen) atoms. The molecule has 4 N–H and O–H groups in total. The molecular weight excluding hydrogens is 265 g/mol. The van der Waals surface area contributed by atoms with Gasteiger partial charge in [0.1, 0.15) is 11.9 Å². The summed E-state index contributed by atoms with van der Waals surface area (Å²) in [6.07, 6.45) is 0.388. The second-order valence-electron chi connectivity index (χ2n) is 3.96. The maximum Gasteiger partial charge on any atom is 0.254 e. The monoisotopic (exact) mass is 281 g/mol. The first-order chi connectivity index (χ1) is 9.58. The number of carbonyl (C=O) groups is 3. The molecule has 1 aromatic rings. The van der Waals surface area contributed by atoms with Gasteiger partial charge in [0.2, 0.25) is 11.8 Å². The minimum Gasteiger partial charge on any atom is -0.340 e. The molecule has 3 amide bonds. The molecule has 0 aliphatic carbocycles. The van der Waals surface area contributed by atoms with Gasteiger partial charge in [-0.1, -0.05) is 12.1 Å². The van der Waals surface area contributed by atoms with Crippen LogP contribution in [0.1, 0.15) is 23.2 Å². The fourth-order valence-corrected chi connectivity index (χ4v) is 1.71. The molecule has 6 nitrogen and oxygen atoms in total. The Hall–Kier alpha value is -2.28. The highest BCUT2D eigenvalue weighted by molar-refractivity contribution is 6.03. The number of carbonyl (C=O) groups excluding carboxylic acids is 3. The highest BCUT2D eigenvalue weighted by Gasteiger charge is 2.28. The number of hydrogen-bond donors (Lipinski definition) is 3. The third-order valence-electron chi connectivity index (χ3n) is 2.66. The van der Waals surface area contributed by atoms with Crippen molar-refractivity contribution in [2.24, 2.45) is 5.73 Å². The van der Waals surface area contributed by atoms with Crippen molar-refractivity contribution in [3.8, 4) is 0 Å². The first-order valence-corrected chi connectivity index (χ1v) is 6.05. The summed E-state index contributed by atoms with van der Waals surface area (Å²) in [7, 11) is 1.50. The van der Waals surface area contributed by atoms with E-state index in [-0.39, 0.29) is 24.3 Å². The zero-order valence-electron chi connectivity index (χ0n) is 11.0. The summed E-state index contributed by atoms with van der Waals surface area (Å²) in [6, 6.07) is 4.70. The zero-order chi connectivity index (χ0) is 15.1. The first-order valence-electron chi connectivity index (χ1n) is 6.05. The van der Waals surface area contributed by atoms with Crippen LogP contribution in [0.25, 0.3) is 0 Å². The Morgan fingerprint density at radius 3 is 2.60 bits per heavy atom. The van der Waals surface area contributed by atoms with Gasteiger partial charge < -0.3 is 11.1 Å². The predicted molar refractivity (Wildman–Crippen MR) is 70.1 cm³/mol. The van der Waals surface area contributed by atoms with Crippen molar-refractivity contribution in [1.29, 1.82) is 0 Å². The molecule has 108 valence electrons. The molecule has 1 fully saturated rings. The lowest BCUT2D eigenvalue weighted by atomic mass is 10.1. The van der Waals surface area contributed by atoms with Crippen LogP contribution >= 0.6 is 0 Å². The zero-order valence-corrected chi connectivity index (χ0v) is 11.0. The molecule has 1 atom stereocenters. The first kappa shape index (κ1) is 15.8. The van der Waals surface area contributed by atoms with E-state index in [0.29, 0.717) is 0 Å². The van der Waals surface area contributed by atoms with Gasteiger partial charge in [-0.3, -0.25) is 19.7 Å². The largest absolute Gasteiger partial charge is 0.340 e. The van der Waals surface area contributed by atoms with Gasteiger partial charge in [0.05, 0.1) is 5.56 Å². The molecule has 1 saturated heterocycles. The third kappa shape index (κ3) is 3.86. The van der Waals surface area contributed by atoms with Gasteiger partial charge in [-0.05, 0) is 25.6 Å². The summed E-state index contributed by atoms with van der Waals surface area (Å²) in [4.78, 5) is 34.1. The fourth-order valence-electron chi connectivity index (χ4n) is 1.71. The van der Waals surface area contributed by atoms with Gasteiger partial charge in [0, 0.05) is 6.42 Å². The molecule has 0 radical (unpaired) electrons.